The number of benzene rings is 2. The molecule has 0 radical (unpaired) electrons. The minimum absolute atomic E-state index is 0.347. The third-order valence-corrected chi connectivity index (χ3v) is 4.40. The van der Waals surface area contributed by atoms with Gasteiger partial charge in [0.1, 0.15) is 34.9 Å². The fourth-order valence-electron chi connectivity index (χ4n) is 2.61. The third kappa shape index (κ3) is 3.99. The lowest BCUT2D eigenvalue weighted by atomic mass is 9.84. The van der Waals surface area contributed by atoms with Gasteiger partial charge in [-0.2, -0.15) is 0 Å². The second-order valence-electron chi connectivity index (χ2n) is 5.38. The first-order valence-electron chi connectivity index (χ1n) is 7.15. The van der Waals surface area contributed by atoms with Gasteiger partial charge in [0, 0.05) is 47.2 Å². The lowest BCUT2D eigenvalue weighted by molar-refractivity contribution is -0.121. The molecular formula is C17H10Cl2F6O. The number of hydrogen-bond donors (Lipinski definition) is 0. The molecule has 0 aromatic heterocycles. The van der Waals surface area contributed by atoms with Crippen molar-refractivity contribution >= 4 is 29.0 Å². The quantitative estimate of drug-likeness (QED) is 0.454. The van der Waals surface area contributed by atoms with Crippen LogP contribution in [0, 0.1) is 34.9 Å². The molecule has 0 fully saturated rings. The molecule has 0 N–H and O–H groups in total. The van der Waals surface area contributed by atoms with Crippen LogP contribution in [0.4, 0.5) is 26.3 Å². The Balaban J connectivity index is 2.54. The highest BCUT2D eigenvalue weighted by molar-refractivity contribution is 6.22. The van der Waals surface area contributed by atoms with Gasteiger partial charge in [-0.25, -0.2) is 26.3 Å². The molecule has 0 aliphatic carbocycles. The number of alkyl halides is 2. The van der Waals surface area contributed by atoms with Crippen molar-refractivity contribution in [2.24, 2.45) is 0 Å². The molecule has 0 bridgehead atoms. The van der Waals surface area contributed by atoms with Crippen molar-refractivity contribution in [2.45, 2.75) is 11.8 Å². The molecule has 26 heavy (non-hydrogen) atoms. The molecule has 2 unspecified atom stereocenters. The maximum Gasteiger partial charge on any atom is 0.150 e. The molecule has 0 saturated heterocycles. The van der Waals surface area contributed by atoms with Gasteiger partial charge < -0.3 is 0 Å². The van der Waals surface area contributed by atoms with E-state index in [0.29, 0.717) is 24.3 Å². The van der Waals surface area contributed by atoms with E-state index >= 15 is 0 Å². The van der Waals surface area contributed by atoms with E-state index in [-0.39, 0.29) is 0 Å². The summed E-state index contributed by atoms with van der Waals surface area (Å²) in [6, 6.07) is 1.39. The third-order valence-electron chi connectivity index (χ3n) is 3.78. The molecule has 1 nitrogen and oxygen atoms in total. The molecule has 0 amide bonds. The molecule has 2 atom stereocenters. The molecule has 0 spiro atoms. The number of halogens is 8. The zero-order chi connectivity index (χ0) is 19.6. The standard InChI is InChI=1S/C17H10Cl2F6O/c18-5-9(15-11(22)1-7(20)2-12(15)23)17(26)10(6-19)16-13(24)3-8(21)4-14(16)25/h1-4,9-10H,5-6H2. The summed E-state index contributed by atoms with van der Waals surface area (Å²) in [4.78, 5) is 12.7. The van der Waals surface area contributed by atoms with E-state index in [2.05, 4.69) is 0 Å². The van der Waals surface area contributed by atoms with Crippen LogP contribution in [0.25, 0.3) is 0 Å². The fraction of sp³-hybridized carbons (Fsp3) is 0.235. The summed E-state index contributed by atoms with van der Waals surface area (Å²) in [5, 5.41) is 0. The van der Waals surface area contributed by atoms with Crippen LogP contribution < -0.4 is 0 Å². The van der Waals surface area contributed by atoms with Gasteiger partial charge in [-0.15, -0.1) is 23.2 Å². The second kappa shape index (κ2) is 8.31. The van der Waals surface area contributed by atoms with E-state index in [0.717, 1.165) is 0 Å². The van der Waals surface area contributed by atoms with Crippen LogP contribution in [-0.2, 0) is 4.79 Å². The number of Topliss-reactive ketones (excluding diaryl/α,β-unsaturated/α-hetero) is 1. The predicted octanol–water partition coefficient (Wildman–Crippen LogP) is 5.44. The summed E-state index contributed by atoms with van der Waals surface area (Å²) in [5.74, 6) is -13.7. The average molecular weight is 415 g/mol. The van der Waals surface area contributed by atoms with Crippen molar-refractivity contribution < 1.29 is 31.1 Å². The number of ketones is 1. The maximum atomic E-state index is 14.0. The first kappa shape index (κ1) is 20.6. The highest BCUT2D eigenvalue weighted by Crippen LogP contribution is 2.34. The summed E-state index contributed by atoms with van der Waals surface area (Å²) in [6.45, 7) is 0. The average Bonchev–Trinajstić information content (AvgIpc) is 2.53. The van der Waals surface area contributed by atoms with E-state index in [1.165, 1.54) is 0 Å². The van der Waals surface area contributed by atoms with E-state index < -0.39 is 75.4 Å². The minimum atomic E-state index is -1.69. The second-order valence-corrected chi connectivity index (χ2v) is 6.00. The molecule has 0 aliphatic rings. The molecule has 2 rings (SSSR count). The molecular weight excluding hydrogens is 405 g/mol. The zero-order valence-corrected chi connectivity index (χ0v) is 14.3. The van der Waals surface area contributed by atoms with E-state index in [9.17, 15) is 31.1 Å². The summed E-state index contributed by atoms with van der Waals surface area (Å²) < 4.78 is 82.0. The first-order valence-corrected chi connectivity index (χ1v) is 8.22. The fourth-order valence-corrected chi connectivity index (χ4v) is 3.22. The Morgan fingerprint density at radius 1 is 0.692 bits per heavy atom. The largest absolute Gasteiger partial charge is 0.298 e. The summed E-state index contributed by atoms with van der Waals surface area (Å²) >= 11 is 11.3. The van der Waals surface area contributed by atoms with Gasteiger partial charge in [-0.3, -0.25) is 4.79 Å². The molecule has 0 heterocycles. The predicted molar refractivity (Wildman–Crippen MR) is 84.6 cm³/mol. The topological polar surface area (TPSA) is 17.1 Å². The number of rotatable bonds is 6. The number of carbonyl (C=O) groups is 1. The highest BCUT2D eigenvalue weighted by atomic mass is 35.5. The molecule has 140 valence electrons. The zero-order valence-electron chi connectivity index (χ0n) is 12.8. The number of hydrogen-bond acceptors (Lipinski definition) is 1. The molecule has 0 aliphatic heterocycles. The Kier molecular flexibility index (Phi) is 6.58. The van der Waals surface area contributed by atoms with Crippen molar-refractivity contribution in [2.75, 3.05) is 11.8 Å². The Labute approximate surface area is 154 Å². The Morgan fingerprint density at radius 3 is 1.19 bits per heavy atom. The van der Waals surface area contributed by atoms with Crippen LogP contribution in [-0.4, -0.2) is 17.5 Å². The normalized spacial score (nSPS) is 13.5. The van der Waals surface area contributed by atoms with E-state index in [4.69, 9.17) is 23.2 Å². The van der Waals surface area contributed by atoms with Crippen LogP contribution >= 0.6 is 23.2 Å². The van der Waals surface area contributed by atoms with Gasteiger partial charge in [0.2, 0.25) is 0 Å². The SMILES string of the molecule is O=C(C(CCl)c1c(F)cc(F)cc1F)C(CCl)c1c(F)cc(F)cc1F. The first-order chi connectivity index (χ1) is 12.2. The maximum absolute atomic E-state index is 14.0. The monoisotopic (exact) mass is 414 g/mol. The van der Waals surface area contributed by atoms with Crippen LogP contribution in [0.1, 0.15) is 23.0 Å². The van der Waals surface area contributed by atoms with Gasteiger partial charge in [0.15, 0.2) is 5.78 Å². The minimum Gasteiger partial charge on any atom is -0.298 e. The van der Waals surface area contributed by atoms with Crippen molar-refractivity contribution in [3.05, 3.63) is 70.3 Å². The van der Waals surface area contributed by atoms with Crippen LogP contribution in [0.5, 0.6) is 0 Å². The highest BCUT2D eigenvalue weighted by Gasteiger charge is 2.35. The van der Waals surface area contributed by atoms with E-state index in [1.54, 1.807) is 0 Å². The number of carbonyl (C=O) groups excluding carboxylic acids is 1. The van der Waals surface area contributed by atoms with Crippen molar-refractivity contribution in [3.8, 4) is 0 Å². The Hall–Kier alpha value is -1.73. The van der Waals surface area contributed by atoms with Crippen LogP contribution in [0.3, 0.4) is 0 Å². The Morgan fingerprint density at radius 2 is 0.962 bits per heavy atom. The van der Waals surface area contributed by atoms with Gasteiger partial charge in [0.05, 0.1) is 11.8 Å². The van der Waals surface area contributed by atoms with Crippen molar-refractivity contribution in [1.82, 2.24) is 0 Å². The summed E-state index contributed by atoms with van der Waals surface area (Å²) in [5.41, 5.74) is -1.69. The molecule has 2 aromatic rings. The van der Waals surface area contributed by atoms with Gasteiger partial charge in [0.25, 0.3) is 0 Å². The summed E-state index contributed by atoms with van der Waals surface area (Å²) in [6.07, 6.45) is 0. The van der Waals surface area contributed by atoms with Gasteiger partial charge >= 0.3 is 0 Å². The van der Waals surface area contributed by atoms with Gasteiger partial charge in [-0.05, 0) is 0 Å². The lowest BCUT2D eigenvalue weighted by Gasteiger charge is -2.22. The van der Waals surface area contributed by atoms with Crippen LogP contribution in [0.2, 0.25) is 0 Å². The summed E-state index contributed by atoms with van der Waals surface area (Å²) in [7, 11) is 0. The molecule has 0 saturated carbocycles. The van der Waals surface area contributed by atoms with Gasteiger partial charge in [-0.1, -0.05) is 0 Å². The molecule has 9 heteroatoms. The van der Waals surface area contributed by atoms with Crippen molar-refractivity contribution in [1.29, 1.82) is 0 Å². The lowest BCUT2D eigenvalue weighted by Crippen LogP contribution is -2.26. The molecule has 2 aromatic carbocycles. The smallest absolute Gasteiger partial charge is 0.150 e. The van der Waals surface area contributed by atoms with Crippen LogP contribution in [0.15, 0.2) is 24.3 Å². The Bertz CT molecular complexity index is 728. The van der Waals surface area contributed by atoms with Crippen molar-refractivity contribution in [3.63, 3.8) is 0 Å². The van der Waals surface area contributed by atoms with E-state index in [1.807, 2.05) is 0 Å².